The van der Waals surface area contributed by atoms with Gasteiger partial charge in [-0.15, -0.1) is 0 Å². The Bertz CT molecular complexity index is 743. The minimum atomic E-state index is -1.50. The molecule has 0 aliphatic rings. The van der Waals surface area contributed by atoms with Crippen LogP contribution in [0.15, 0.2) is 66.7 Å². The van der Waals surface area contributed by atoms with E-state index in [9.17, 15) is 14.7 Å². The maximum Gasteiger partial charge on any atom is 0.411 e. The number of nitrogens with one attached hydrogen (secondary N) is 1. The lowest BCUT2D eigenvalue weighted by Crippen LogP contribution is -2.26. The number of carbonyl (C=O) groups is 2. The van der Waals surface area contributed by atoms with E-state index in [1.807, 2.05) is 36.4 Å². The monoisotopic (exact) mass is 355 g/mol. The summed E-state index contributed by atoms with van der Waals surface area (Å²) in [7, 11) is 0. The molecule has 2 aromatic carbocycles. The summed E-state index contributed by atoms with van der Waals surface area (Å²) in [5, 5.41) is 12.5. The standard InChI is InChI=1S/C20H21NO5/c1-2-25-19(23)18(22)13-17(16-11-7-4-8-12-16)21-20(24)26-14-15-9-5-3-6-10-15/h3-13,18,22H,2,14H2,1H3,(H,21,24). The molecule has 0 aliphatic heterocycles. The van der Waals surface area contributed by atoms with Gasteiger partial charge < -0.3 is 14.6 Å². The van der Waals surface area contributed by atoms with Gasteiger partial charge in [0.1, 0.15) is 6.61 Å². The van der Waals surface area contributed by atoms with Crippen LogP contribution in [0.5, 0.6) is 0 Å². The first-order valence-corrected chi connectivity index (χ1v) is 8.19. The summed E-state index contributed by atoms with van der Waals surface area (Å²) in [4.78, 5) is 23.8. The van der Waals surface area contributed by atoms with E-state index in [1.54, 1.807) is 31.2 Å². The van der Waals surface area contributed by atoms with E-state index >= 15 is 0 Å². The molecule has 2 rings (SSSR count). The van der Waals surface area contributed by atoms with Crippen LogP contribution in [-0.2, 0) is 20.9 Å². The fourth-order valence-corrected chi connectivity index (χ4v) is 2.15. The molecule has 2 aromatic rings. The van der Waals surface area contributed by atoms with E-state index < -0.39 is 18.2 Å². The number of alkyl carbamates (subject to hydrolysis) is 1. The molecule has 0 bridgehead atoms. The predicted molar refractivity (Wildman–Crippen MR) is 96.8 cm³/mol. The number of aliphatic hydroxyl groups excluding tert-OH is 1. The number of benzene rings is 2. The van der Waals surface area contributed by atoms with E-state index in [4.69, 9.17) is 9.47 Å². The van der Waals surface area contributed by atoms with E-state index in [2.05, 4.69) is 5.32 Å². The van der Waals surface area contributed by atoms with Crippen LogP contribution in [0, 0.1) is 0 Å². The third-order valence-corrected chi connectivity index (χ3v) is 3.39. The molecule has 1 unspecified atom stereocenters. The Balaban J connectivity index is 2.08. The average molecular weight is 355 g/mol. The van der Waals surface area contributed by atoms with Crippen molar-refractivity contribution in [2.75, 3.05) is 6.61 Å². The highest BCUT2D eigenvalue weighted by Gasteiger charge is 2.17. The van der Waals surface area contributed by atoms with Gasteiger partial charge in [-0.25, -0.2) is 9.59 Å². The molecular formula is C20H21NO5. The quantitative estimate of drug-likeness (QED) is 0.746. The summed E-state index contributed by atoms with van der Waals surface area (Å²) in [6, 6.07) is 18.1. The predicted octanol–water partition coefficient (Wildman–Crippen LogP) is 2.88. The molecular weight excluding hydrogens is 334 g/mol. The molecule has 0 radical (unpaired) electrons. The van der Waals surface area contributed by atoms with Crippen LogP contribution in [0.1, 0.15) is 18.1 Å². The van der Waals surface area contributed by atoms with Crippen LogP contribution in [-0.4, -0.2) is 29.9 Å². The Morgan fingerprint density at radius 2 is 1.65 bits per heavy atom. The lowest BCUT2D eigenvalue weighted by molar-refractivity contribution is -0.150. The Morgan fingerprint density at radius 1 is 1.04 bits per heavy atom. The van der Waals surface area contributed by atoms with Crippen molar-refractivity contribution in [3.8, 4) is 0 Å². The number of hydrogen-bond acceptors (Lipinski definition) is 5. The summed E-state index contributed by atoms with van der Waals surface area (Å²) in [5.74, 6) is -0.791. The van der Waals surface area contributed by atoms with Crippen LogP contribution >= 0.6 is 0 Å². The minimum absolute atomic E-state index is 0.106. The summed E-state index contributed by atoms with van der Waals surface area (Å²) in [5.41, 5.74) is 1.72. The minimum Gasteiger partial charge on any atom is -0.464 e. The number of amides is 1. The SMILES string of the molecule is CCOC(=O)C(O)C=C(NC(=O)OCc1ccccc1)c1ccccc1. The second-order valence-corrected chi connectivity index (χ2v) is 5.33. The second-order valence-electron chi connectivity index (χ2n) is 5.33. The van der Waals surface area contributed by atoms with Gasteiger partial charge in [0.05, 0.1) is 12.3 Å². The van der Waals surface area contributed by atoms with Crippen molar-refractivity contribution in [1.82, 2.24) is 5.32 Å². The first-order chi connectivity index (χ1) is 12.6. The molecule has 0 aliphatic carbocycles. The molecule has 0 aromatic heterocycles. The highest BCUT2D eigenvalue weighted by atomic mass is 16.6. The number of esters is 1. The zero-order valence-corrected chi connectivity index (χ0v) is 14.4. The molecule has 26 heavy (non-hydrogen) atoms. The smallest absolute Gasteiger partial charge is 0.411 e. The lowest BCUT2D eigenvalue weighted by atomic mass is 10.1. The third-order valence-electron chi connectivity index (χ3n) is 3.39. The van der Waals surface area contributed by atoms with Crippen molar-refractivity contribution < 1.29 is 24.2 Å². The van der Waals surface area contributed by atoms with Crippen LogP contribution in [0.3, 0.4) is 0 Å². The van der Waals surface area contributed by atoms with Gasteiger partial charge in [0.15, 0.2) is 6.10 Å². The molecule has 0 spiro atoms. The molecule has 0 heterocycles. The van der Waals surface area contributed by atoms with Crippen molar-refractivity contribution in [1.29, 1.82) is 0 Å². The Kier molecular flexibility index (Phi) is 7.39. The number of ether oxygens (including phenoxy) is 2. The highest BCUT2D eigenvalue weighted by Crippen LogP contribution is 2.13. The Labute approximate surface area is 152 Å². The van der Waals surface area contributed by atoms with Crippen molar-refractivity contribution in [2.24, 2.45) is 0 Å². The third kappa shape index (κ3) is 6.07. The first kappa shape index (κ1) is 19.2. The van der Waals surface area contributed by atoms with Gasteiger partial charge in [-0.1, -0.05) is 60.7 Å². The van der Waals surface area contributed by atoms with E-state index in [1.165, 1.54) is 6.08 Å². The van der Waals surface area contributed by atoms with Gasteiger partial charge in [-0.2, -0.15) is 0 Å². The summed E-state index contributed by atoms with van der Waals surface area (Å²) in [6.07, 6.45) is -0.975. The van der Waals surface area contributed by atoms with Crippen molar-refractivity contribution in [2.45, 2.75) is 19.6 Å². The first-order valence-electron chi connectivity index (χ1n) is 8.19. The van der Waals surface area contributed by atoms with Gasteiger partial charge in [-0.05, 0) is 24.1 Å². The topological polar surface area (TPSA) is 84.9 Å². The molecule has 6 heteroatoms. The second kappa shape index (κ2) is 10.0. The van der Waals surface area contributed by atoms with E-state index in [0.717, 1.165) is 5.56 Å². The molecule has 0 fully saturated rings. The molecule has 1 atom stereocenters. The fraction of sp³-hybridized carbons (Fsp3) is 0.200. The van der Waals surface area contributed by atoms with Gasteiger partial charge in [0.25, 0.3) is 0 Å². The Morgan fingerprint density at radius 3 is 2.27 bits per heavy atom. The summed E-state index contributed by atoms with van der Waals surface area (Å²) >= 11 is 0. The molecule has 0 saturated carbocycles. The Hall–Kier alpha value is -3.12. The lowest BCUT2D eigenvalue weighted by Gasteiger charge is -2.13. The van der Waals surface area contributed by atoms with Crippen LogP contribution in [0.4, 0.5) is 4.79 Å². The molecule has 1 amide bonds. The van der Waals surface area contributed by atoms with Gasteiger partial charge >= 0.3 is 12.1 Å². The maximum absolute atomic E-state index is 12.1. The normalized spacial score (nSPS) is 12.2. The average Bonchev–Trinajstić information content (AvgIpc) is 2.67. The zero-order chi connectivity index (χ0) is 18.8. The number of rotatable bonds is 7. The molecule has 0 saturated heterocycles. The molecule has 6 nitrogen and oxygen atoms in total. The number of carbonyl (C=O) groups excluding carboxylic acids is 2. The van der Waals surface area contributed by atoms with Crippen LogP contribution in [0.25, 0.3) is 5.70 Å². The zero-order valence-electron chi connectivity index (χ0n) is 14.4. The largest absolute Gasteiger partial charge is 0.464 e. The van der Waals surface area contributed by atoms with E-state index in [0.29, 0.717) is 5.56 Å². The van der Waals surface area contributed by atoms with Gasteiger partial charge in [-0.3, -0.25) is 5.32 Å². The fourth-order valence-electron chi connectivity index (χ4n) is 2.15. The van der Waals surface area contributed by atoms with Gasteiger partial charge in [0.2, 0.25) is 0 Å². The van der Waals surface area contributed by atoms with Crippen molar-refractivity contribution in [3.05, 3.63) is 77.9 Å². The van der Waals surface area contributed by atoms with E-state index in [-0.39, 0.29) is 18.9 Å². The number of aliphatic hydroxyl groups is 1. The van der Waals surface area contributed by atoms with Crippen molar-refractivity contribution in [3.63, 3.8) is 0 Å². The molecule has 136 valence electrons. The van der Waals surface area contributed by atoms with Crippen LogP contribution in [0.2, 0.25) is 0 Å². The highest BCUT2D eigenvalue weighted by molar-refractivity contribution is 5.85. The molecule has 2 N–H and O–H groups in total. The summed E-state index contributed by atoms with van der Waals surface area (Å²) < 4.78 is 9.95. The van der Waals surface area contributed by atoms with Crippen LogP contribution < -0.4 is 5.32 Å². The van der Waals surface area contributed by atoms with Gasteiger partial charge in [0, 0.05) is 0 Å². The number of hydrogen-bond donors (Lipinski definition) is 2. The van der Waals surface area contributed by atoms with Crippen molar-refractivity contribution >= 4 is 17.8 Å². The summed E-state index contributed by atoms with van der Waals surface area (Å²) in [6.45, 7) is 1.90. The maximum atomic E-state index is 12.1.